The van der Waals surface area contributed by atoms with Crippen molar-refractivity contribution in [1.29, 1.82) is 5.26 Å². The SMILES string of the molecule is N#Cc1nc(-c2ccccc2F)oc1N1CCN(C(=O)c2cccs2)CC1. The second-order valence-corrected chi connectivity index (χ2v) is 6.97. The molecule has 0 spiro atoms. The van der Waals surface area contributed by atoms with E-state index < -0.39 is 5.82 Å². The lowest BCUT2D eigenvalue weighted by atomic mass is 10.2. The summed E-state index contributed by atoms with van der Waals surface area (Å²) in [5.41, 5.74) is 0.332. The minimum atomic E-state index is -0.457. The van der Waals surface area contributed by atoms with E-state index in [-0.39, 0.29) is 23.1 Å². The number of carbonyl (C=O) groups is 1. The van der Waals surface area contributed by atoms with E-state index >= 15 is 0 Å². The molecule has 1 aliphatic heterocycles. The van der Waals surface area contributed by atoms with Gasteiger partial charge in [-0.25, -0.2) is 4.39 Å². The van der Waals surface area contributed by atoms with Gasteiger partial charge in [0, 0.05) is 26.2 Å². The fourth-order valence-electron chi connectivity index (χ4n) is 3.02. The van der Waals surface area contributed by atoms with Crippen molar-refractivity contribution < 1.29 is 13.6 Å². The zero-order valence-corrected chi connectivity index (χ0v) is 15.1. The van der Waals surface area contributed by atoms with Crippen LogP contribution < -0.4 is 4.90 Å². The van der Waals surface area contributed by atoms with E-state index in [4.69, 9.17) is 4.42 Å². The van der Waals surface area contributed by atoms with Crippen molar-refractivity contribution >= 4 is 23.1 Å². The molecule has 1 aliphatic rings. The molecule has 1 amide bonds. The fourth-order valence-corrected chi connectivity index (χ4v) is 3.71. The van der Waals surface area contributed by atoms with Crippen molar-refractivity contribution in [2.24, 2.45) is 0 Å². The van der Waals surface area contributed by atoms with Crippen LogP contribution in [0.5, 0.6) is 0 Å². The van der Waals surface area contributed by atoms with Gasteiger partial charge in [0.2, 0.25) is 17.5 Å². The van der Waals surface area contributed by atoms with Crippen LogP contribution in [-0.4, -0.2) is 42.0 Å². The Bertz CT molecular complexity index is 1000. The number of rotatable bonds is 3. The normalized spacial score (nSPS) is 14.2. The van der Waals surface area contributed by atoms with Gasteiger partial charge in [0.15, 0.2) is 0 Å². The van der Waals surface area contributed by atoms with Gasteiger partial charge in [0.25, 0.3) is 5.91 Å². The van der Waals surface area contributed by atoms with E-state index in [0.29, 0.717) is 36.9 Å². The third kappa shape index (κ3) is 3.29. The molecule has 27 heavy (non-hydrogen) atoms. The number of piperazine rings is 1. The summed E-state index contributed by atoms with van der Waals surface area (Å²) >= 11 is 1.42. The van der Waals surface area contributed by atoms with Gasteiger partial charge in [-0.15, -0.1) is 11.3 Å². The molecule has 6 nitrogen and oxygen atoms in total. The Labute approximate surface area is 159 Å². The predicted octanol–water partition coefficient (Wildman–Crippen LogP) is 3.38. The number of carbonyl (C=O) groups excluding carboxylic acids is 1. The topological polar surface area (TPSA) is 73.4 Å². The average molecular weight is 382 g/mol. The number of nitrogens with zero attached hydrogens (tertiary/aromatic N) is 4. The highest BCUT2D eigenvalue weighted by Gasteiger charge is 2.27. The fraction of sp³-hybridized carbons (Fsp3) is 0.211. The van der Waals surface area contributed by atoms with Crippen LogP contribution in [0.2, 0.25) is 0 Å². The van der Waals surface area contributed by atoms with E-state index in [2.05, 4.69) is 4.98 Å². The quantitative estimate of drug-likeness (QED) is 0.694. The molecule has 1 saturated heterocycles. The molecule has 0 N–H and O–H groups in total. The highest BCUT2D eigenvalue weighted by atomic mass is 32.1. The Hall–Kier alpha value is -3.18. The van der Waals surface area contributed by atoms with Gasteiger partial charge in [0.05, 0.1) is 10.4 Å². The highest BCUT2D eigenvalue weighted by molar-refractivity contribution is 7.12. The third-order valence-corrected chi connectivity index (χ3v) is 5.26. The molecule has 3 aromatic rings. The summed E-state index contributed by atoms with van der Waals surface area (Å²) in [5.74, 6) is -0.0494. The molecule has 1 aromatic carbocycles. The second-order valence-electron chi connectivity index (χ2n) is 6.02. The summed E-state index contributed by atoms with van der Waals surface area (Å²) in [4.78, 5) is 20.9. The van der Waals surface area contributed by atoms with Crippen LogP contribution in [0.15, 0.2) is 46.2 Å². The minimum Gasteiger partial charge on any atom is -0.419 e. The van der Waals surface area contributed by atoms with Crippen LogP contribution in [0.4, 0.5) is 10.3 Å². The van der Waals surface area contributed by atoms with Crippen molar-refractivity contribution in [3.05, 3.63) is 58.2 Å². The molecule has 136 valence electrons. The Balaban J connectivity index is 1.52. The minimum absolute atomic E-state index is 0.00905. The number of hydrogen-bond acceptors (Lipinski definition) is 6. The summed E-state index contributed by atoms with van der Waals surface area (Å²) < 4.78 is 19.7. The monoisotopic (exact) mass is 382 g/mol. The van der Waals surface area contributed by atoms with Crippen molar-refractivity contribution in [1.82, 2.24) is 9.88 Å². The number of benzene rings is 1. The van der Waals surface area contributed by atoms with Crippen molar-refractivity contribution in [2.75, 3.05) is 31.1 Å². The molecule has 0 saturated carbocycles. The Kier molecular flexibility index (Phi) is 4.60. The molecule has 8 heteroatoms. The maximum atomic E-state index is 14.0. The molecule has 0 radical (unpaired) electrons. The number of aromatic nitrogens is 1. The first-order chi connectivity index (χ1) is 13.2. The van der Waals surface area contributed by atoms with Gasteiger partial charge in [-0.1, -0.05) is 18.2 Å². The molecular weight excluding hydrogens is 367 g/mol. The van der Waals surface area contributed by atoms with Crippen LogP contribution >= 0.6 is 11.3 Å². The maximum absolute atomic E-state index is 14.0. The number of halogens is 1. The number of anilines is 1. The average Bonchev–Trinajstić information content (AvgIpc) is 3.38. The first-order valence-electron chi connectivity index (χ1n) is 8.41. The van der Waals surface area contributed by atoms with Crippen LogP contribution in [-0.2, 0) is 0 Å². The molecular formula is C19H15FN4O2S. The van der Waals surface area contributed by atoms with Crippen LogP contribution in [0.1, 0.15) is 15.4 Å². The molecule has 1 fully saturated rings. The van der Waals surface area contributed by atoms with E-state index in [1.807, 2.05) is 28.5 Å². The predicted molar refractivity (Wildman–Crippen MR) is 99.0 cm³/mol. The Morgan fingerprint density at radius 1 is 1.19 bits per heavy atom. The van der Waals surface area contributed by atoms with E-state index in [9.17, 15) is 14.4 Å². The summed E-state index contributed by atoms with van der Waals surface area (Å²) in [6.45, 7) is 2.05. The first kappa shape index (κ1) is 17.2. The summed E-state index contributed by atoms with van der Waals surface area (Å²) in [7, 11) is 0. The zero-order chi connectivity index (χ0) is 18.8. The van der Waals surface area contributed by atoms with E-state index in [0.717, 1.165) is 0 Å². The van der Waals surface area contributed by atoms with Gasteiger partial charge in [0.1, 0.15) is 11.9 Å². The number of amides is 1. The molecule has 0 atom stereocenters. The number of hydrogen-bond donors (Lipinski definition) is 0. The number of oxazole rings is 1. The highest BCUT2D eigenvalue weighted by Crippen LogP contribution is 2.30. The lowest BCUT2D eigenvalue weighted by Crippen LogP contribution is -2.48. The standard InChI is InChI=1S/C19H15FN4O2S/c20-14-5-2-1-4-13(14)17-22-15(12-21)19(26-17)24-9-7-23(8-10-24)18(25)16-6-3-11-27-16/h1-6,11H,7-10H2. The van der Waals surface area contributed by atoms with Crippen molar-refractivity contribution in [3.63, 3.8) is 0 Å². The van der Waals surface area contributed by atoms with Crippen molar-refractivity contribution in [3.8, 4) is 17.5 Å². The summed E-state index contributed by atoms with van der Waals surface area (Å²) in [6.07, 6.45) is 0. The molecule has 4 rings (SSSR count). The Morgan fingerprint density at radius 3 is 2.63 bits per heavy atom. The van der Waals surface area contributed by atoms with Crippen LogP contribution in [0, 0.1) is 17.1 Å². The lowest BCUT2D eigenvalue weighted by molar-refractivity contribution is 0.0750. The lowest BCUT2D eigenvalue weighted by Gasteiger charge is -2.34. The van der Waals surface area contributed by atoms with Crippen molar-refractivity contribution in [2.45, 2.75) is 0 Å². The Morgan fingerprint density at radius 2 is 1.96 bits per heavy atom. The maximum Gasteiger partial charge on any atom is 0.264 e. The largest absolute Gasteiger partial charge is 0.419 e. The van der Waals surface area contributed by atoms with Gasteiger partial charge in [-0.2, -0.15) is 10.2 Å². The summed E-state index contributed by atoms with van der Waals surface area (Å²) in [5, 5.41) is 11.3. The zero-order valence-electron chi connectivity index (χ0n) is 14.3. The van der Waals surface area contributed by atoms with Crippen LogP contribution in [0.25, 0.3) is 11.5 Å². The van der Waals surface area contributed by atoms with Gasteiger partial charge in [-0.3, -0.25) is 4.79 Å². The van der Waals surface area contributed by atoms with Gasteiger partial charge in [-0.05, 0) is 23.6 Å². The van der Waals surface area contributed by atoms with Gasteiger partial charge < -0.3 is 14.2 Å². The second kappa shape index (κ2) is 7.21. The van der Waals surface area contributed by atoms with E-state index in [1.165, 1.54) is 17.4 Å². The molecule has 0 bridgehead atoms. The number of thiophene rings is 1. The molecule has 0 unspecified atom stereocenters. The molecule has 3 heterocycles. The van der Waals surface area contributed by atoms with Crippen LogP contribution in [0.3, 0.4) is 0 Å². The summed E-state index contributed by atoms with van der Waals surface area (Å²) in [6, 6.07) is 11.8. The smallest absolute Gasteiger partial charge is 0.264 e. The van der Waals surface area contributed by atoms with E-state index in [1.54, 1.807) is 23.1 Å². The molecule has 0 aliphatic carbocycles. The number of nitriles is 1. The third-order valence-electron chi connectivity index (χ3n) is 4.41. The first-order valence-corrected chi connectivity index (χ1v) is 9.29. The molecule has 2 aromatic heterocycles. The van der Waals surface area contributed by atoms with Gasteiger partial charge >= 0.3 is 0 Å².